The number of nitrogens with zero attached hydrogens (tertiary/aromatic N) is 4. The maximum atomic E-state index is 15.7. The Hall–Kier alpha value is -3.80. The summed E-state index contributed by atoms with van der Waals surface area (Å²) in [7, 11) is 2.00. The summed E-state index contributed by atoms with van der Waals surface area (Å²) in [6.45, 7) is 9.97. The molecule has 5 rings (SSSR count). The van der Waals surface area contributed by atoms with Gasteiger partial charge in [0.2, 0.25) is 17.7 Å². The third-order valence-corrected chi connectivity index (χ3v) is 9.67. The van der Waals surface area contributed by atoms with Gasteiger partial charge in [0.1, 0.15) is 23.6 Å². The average molecular weight is 638 g/mol. The highest BCUT2D eigenvalue weighted by atomic mass is 19.1. The fourth-order valence-corrected chi connectivity index (χ4v) is 6.57. The number of benzene rings is 1. The van der Waals surface area contributed by atoms with Crippen LogP contribution in [0, 0.1) is 23.6 Å². The van der Waals surface area contributed by atoms with Gasteiger partial charge in [-0.3, -0.25) is 23.9 Å². The number of hydrogen-bond donors (Lipinski definition) is 3. The summed E-state index contributed by atoms with van der Waals surface area (Å²) in [4.78, 5) is 57.2. The second-order valence-electron chi connectivity index (χ2n) is 13.5. The number of amides is 4. The first-order chi connectivity index (χ1) is 22.0. The molecule has 0 radical (unpaired) electrons. The van der Waals surface area contributed by atoms with Crippen molar-refractivity contribution in [3.63, 3.8) is 0 Å². The molecular formula is C34H48FN7O4. The SMILES string of the molecule is CCC(=O)NC(C(=O)N1CCN(C)CC1)C(C)c1ccc(NC(=O)C(NC(=O)c2ccnn2C(C)C)C(C2CC2)C2CC2)c(F)c1. The van der Waals surface area contributed by atoms with E-state index in [1.165, 1.54) is 12.1 Å². The molecule has 250 valence electrons. The third kappa shape index (κ3) is 7.76. The molecule has 2 aromatic rings. The largest absolute Gasteiger partial charge is 0.344 e. The molecule has 1 aliphatic heterocycles. The van der Waals surface area contributed by atoms with Gasteiger partial charge in [-0.1, -0.05) is 19.9 Å². The lowest BCUT2D eigenvalue weighted by molar-refractivity contribution is -0.138. The van der Waals surface area contributed by atoms with E-state index in [1.807, 2.05) is 20.9 Å². The number of halogens is 1. The van der Waals surface area contributed by atoms with Crippen LogP contribution in [0.2, 0.25) is 0 Å². The highest BCUT2D eigenvalue weighted by Gasteiger charge is 2.48. The summed E-state index contributed by atoms with van der Waals surface area (Å²) < 4.78 is 17.3. The number of nitrogens with one attached hydrogen (secondary N) is 3. The molecule has 0 spiro atoms. The summed E-state index contributed by atoms with van der Waals surface area (Å²) in [6.07, 6.45) is 5.82. The van der Waals surface area contributed by atoms with Gasteiger partial charge in [-0.15, -0.1) is 0 Å². The molecule has 3 fully saturated rings. The van der Waals surface area contributed by atoms with E-state index in [-0.39, 0.29) is 41.8 Å². The number of anilines is 1. The lowest BCUT2D eigenvalue weighted by atomic mass is 9.88. The zero-order valence-electron chi connectivity index (χ0n) is 27.6. The van der Waals surface area contributed by atoms with Crippen molar-refractivity contribution in [1.82, 2.24) is 30.2 Å². The van der Waals surface area contributed by atoms with Crippen LogP contribution in [0.3, 0.4) is 0 Å². The van der Waals surface area contributed by atoms with Crippen LogP contribution in [-0.2, 0) is 14.4 Å². The minimum atomic E-state index is -0.854. The van der Waals surface area contributed by atoms with E-state index in [0.717, 1.165) is 38.8 Å². The van der Waals surface area contributed by atoms with Crippen molar-refractivity contribution >= 4 is 29.3 Å². The van der Waals surface area contributed by atoms with E-state index in [4.69, 9.17) is 0 Å². The molecule has 1 aromatic heterocycles. The van der Waals surface area contributed by atoms with E-state index in [2.05, 4.69) is 25.9 Å². The van der Waals surface area contributed by atoms with E-state index in [9.17, 15) is 19.2 Å². The first kappa shape index (κ1) is 33.6. The summed E-state index contributed by atoms with van der Waals surface area (Å²) in [5.74, 6) is -1.78. The molecule has 3 atom stereocenters. The fraction of sp³-hybridized carbons (Fsp3) is 0.618. The molecule has 11 nitrogen and oxygen atoms in total. The van der Waals surface area contributed by atoms with Crippen LogP contribution in [0.25, 0.3) is 0 Å². The van der Waals surface area contributed by atoms with Gasteiger partial charge in [-0.2, -0.15) is 5.10 Å². The maximum absolute atomic E-state index is 15.7. The van der Waals surface area contributed by atoms with Gasteiger partial charge in [0, 0.05) is 50.8 Å². The highest BCUT2D eigenvalue weighted by molar-refractivity contribution is 6.01. The molecular weight excluding hydrogens is 589 g/mol. The Bertz CT molecular complexity index is 1420. The van der Waals surface area contributed by atoms with Crippen LogP contribution in [0.4, 0.5) is 10.1 Å². The summed E-state index contributed by atoms with van der Waals surface area (Å²) in [5, 5.41) is 12.9. The smallest absolute Gasteiger partial charge is 0.270 e. The fourth-order valence-electron chi connectivity index (χ4n) is 6.57. The van der Waals surface area contributed by atoms with Gasteiger partial charge in [0.15, 0.2) is 0 Å². The second kappa shape index (κ2) is 14.3. The van der Waals surface area contributed by atoms with Crippen molar-refractivity contribution in [3.05, 3.63) is 47.5 Å². The Morgan fingerprint density at radius 2 is 1.59 bits per heavy atom. The zero-order valence-corrected chi connectivity index (χ0v) is 27.6. The Labute approximate surface area is 270 Å². The van der Waals surface area contributed by atoms with Crippen LogP contribution < -0.4 is 16.0 Å². The summed E-state index contributed by atoms with van der Waals surface area (Å²) in [6, 6.07) is 4.41. The molecule has 1 aromatic carbocycles. The number of rotatable bonds is 13. The topological polar surface area (TPSA) is 129 Å². The normalized spacial score (nSPS) is 19.1. The molecule has 2 saturated carbocycles. The van der Waals surface area contributed by atoms with Crippen LogP contribution >= 0.6 is 0 Å². The van der Waals surface area contributed by atoms with Crippen molar-refractivity contribution in [3.8, 4) is 0 Å². The molecule has 4 amide bonds. The van der Waals surface area contributed by atoms with Crippen LogP contribution in [0.5, 0.6) is 0 Å². The number of hydrogen-bond acceptors (Lipinski definition) is 6. The molecule has 0 bridgehead atoms. The Morgan fingerprint density at radius 1 is 0.935 bits per heavy atom. The number of carbonyl (C=O) groups is 4. The van der Waals surface area contributed by atoms with Crippen LogP contribution in [0.1, 0.15) is 87.8 Å². The number of carbonyl (C=O) groups excluding carboxylic acids is 4. The number of aromatic nitrogens is 2. The first-order valence-corrected chi connectivity index (χ1v) is 16.7. The molecule has 2 aliphatic carbocycles. The van der Waals surface area contributed by atoms with E-state index in [0.29, 0.717) is 36.2 Å². The molecule has 1 saturated heterocycles. The third-order valence-electron chi connectivity index (χ3n) is 9.67. The van der Waals surface area contributed by atoms with Gasteiger partial charge in [0.05, 0.1) is 5.69 Å². The molecule has 3 unspecified atom stereocenters. The molecule has 3 aliphatic rings. The zero-order chi connectivity index (χ0) is 33.1. The van der Waals surface area contributed by atoms with Crippen molar-refractivity contribution in [2.24, 2.45) is 17.8 Å². The lowest BCUT2D eigenvalue weighted by Gasteiger charge is -2.36. The van der Waals surface area contributed by atoms with Gasteiger partial charge in [-0.05, 0) is 88.1 Å². The second-order valence-corrected chi connectivity index (χ2v) is 13.5. The molecule has 12 heteroatoms. The summed E-state index contributed by atoms with van der Waals surface area (Å²) in [5.41, 5.74) is 0.899. The molecule has 2 heterocycles. The monoisotopic (exact) mass is 637 g/mol. The number of likely N-dealkylation sites (N-methyl/N-ethyl adjacent to an activating group) is 1. The molecule has 46 heavy (non-hydrogen) atoms. The van der Waals surface area contributed by atoms with Crippen molar-refractivity contribution in [2.75, 3.05) is 38.5 Å². The predicted molar refractivity (Wildman–Crippen MR) is 173 cm³/mol. The predicted octanol–water partition coefficient (Wildman–Crippen LogP) is 3.55. The summed E-state index contributed by atoms with van der Waals surface area (Å²) >= 11 is 0. The van der Waals surface area contributed by atoms with Crippen molar-refractivity contribution < 1.29 is 23.6 Å². The minimum absolute atomic E-state index is 0.00250. The van der Waals surface area contributed by atoms with E-state index in [1.54, 1.807) is 41.8 Å². The van der Waals surface area contributed by atoms with Gasteiger partial charge < -0.3 is 25.8 Å². The van der Waals surface area contributed by atoms with Crippen molar-refractivity contribution in [1.29, 1.82) is 0 Å². The molecule has 3 N–H and O–H groups in total. The number of piperazine rings is 1. The Balaban J connectivity index is 1.34. The van der Waals surface area contributed by atoms with Crippen molar-refractivity contribution in [2.45, 2.75) is 83.8 Å². The lowest BCUT2D eigenvalue weighted by Crippen LogP contribution is -2.55. The van der Waals surface area contributed by atoms with Gasteiger partial charge in [0.25, 0.3) is 5.91 Å². The first-order valence-electron chi connectivity index (χ1n) is 16.7. The van der Waals surface area contributed by atoms with Crippen LogP contribution in [0.15, 0.2) is 30.5 Å². The minimum Gasteiger partial charge on any atom is -0.344 e. The average Bonchev–Trinajstić information content (AvgIpc) is 3.99. The standard InChI is InChI=1S/C34H48FN7O4/c1-6-28(43)38-30(34(46)41-17-15-40(5)16-18-41)21(4)24-11-12-26(25(35)19-24)37-33(45)31(29(22-7-8-22)23-9-10-23)39-32(44)27-13-14-36-42(27)20(2)3/h11-14,19-23,29-31H,6-10,15-18H2,1-5H3,(H,37,45)(H,38,43)(H,39,44). The maximum Gasteiger partial charge on any atom is 0.270 e. The van der Waals surface area contributed by atoms with E-state index < -0.39 is 29.7 Å². The van der Waals surface area contributed by atoms with Gasteiger partial charge >= 0.3 is 0 Å². The van der Waals surface area contributed by atoms with Gasteiger partial charge in [-0.25, -0.2) is 4.39 Å². The Morgan fingerprint density at radius 3 is 2.15 bits per heavy atom. The van der Waals surface area contributed by atoms with Crippen LogP contribution in [-0.4, -0.2) is 88.5 Å². The quantitative estimate of drug-likeness (QED) is 0.308. The Kier molecular flexibility index (Phi) is 10.4. The van der Waals surface area contributed by atoms with E-state index >= 15 is 4.39 Å². The highest BCUT2D eigenvalue weighted by Crippen LogP contribution is 2.51.